The van der Waals surface area contributed by atoms with Crippen molar-refractivity contribution in [3.8, 4) is 5.69 Å². The molecular weight excluding hydrogens is 441 g/mol. The van der Waals surface area contributed by atoms with Gasteiger partial charge in [-0.3, -0.25) is 9.13 Å². The monoisotopic (exact) mass is 459 g/mol. The number of benzene rings is 1. The molecule has 0 bridgehead atoms. The Kier molecular flexibility index (Phi) is 6.99. The Morgan fingerprint density at radius 2 is 1.73 bits per heavy atom. The standard InChI is InChI=1S/C18H19ClFN3O6S/c1-6-9-12(19)10(14(24)29-18(27)28-8(2)3)7-11(13(9)20)23-15(25)21(4)17(30)22(5)16(23)26/h7-8H,6H2,1-5H3. The number of aromatic nitrogens is 3. The van der Waals surface area contributed by atoms with Gasteiger partial charge in [0, 0.05) is 19.7 Å². The molecule has 2 aromatic rings. The van der Waals surface area contributed by atoms with E-state index in [1.54, 1.807) is 20.8 Å². The highest BCUT2D eigenvalue weighted by Gasteiger charge is 2.26. The molecule has 1 heterocycles. The third kappa shape index (κ3) is 4.21. The lowest BCUT2D eigenvalue weighted by Crippen LogP contribution is -2.44. The molecule has 0 saturated carbocycles. The number of carbonyl (C=O) groups excluding carboxylic acids is 2. The smallest absolute Gasteiger partial charge is 0.431 e. The molecule has 0 spiro atoms. The Morgan fingerprint density at radius 3 is 2.20 bits per heavy atom. The molecule has 0 aliphatic heterocycles. The van der Waals surface area contributed by atoms with Crippen LogP contribution in [-0.4, -0.2) is 31.9 Å². The topological polar surface area (TPSA) is 102 Å². The molecule has 0 fully saturated rings. The second-order valence-corrected chi connectivity index (χ2v) is 7.25. The summed E-state index contributed by atoms with van der Waals surface area (Å²) in [6, 6.07) is 0.869. The molecule has 0 amide bonds. The van der Waals surface area contributed by atoms with Crippen molar-refractivity contribution in [2.45, 2.75) is 33.3 Å². The number of carbonyl (C=O) groups is 2. The summed E-state index contributed by atoms with van der Waals surface area (Å²) in [6.07, 6.45) is -1.80. The molecule has 0 atom stereocenters. The fourth-order valence-electron chi connectivity index (χ4n) is 2.62. The second kappa shape index (κ2) is 8.92. The van der Waals surface area contributed by atoms with Crippen LogP contribution in [0.5, 0.6) is 0 Å². The van der Waals surface area contributed by atoms with E-state index in [2.05, 4.69) is 4.74 Å². The van der Waals surface area contributed by atoms with Gasteiger partial charge in [0.1, 0.15) is 0 Å². The molecule has 2 rings (SSSR count). The van der Waals surface area contributed by atoms with E-state index in [1.165, 1.54) is 14.1 Å². The summed E-state index contributed by atoms with van der Waals surface area (Å²) in [4.78, 5) is 49.4. The molecule has 0 saturated heterocycles. The van der Waals surface area contributed by atoms with Gasteiger partial charge in [-0.2, -0.15) is 0 Å². The van der Waals surface area contributed by atoms with Crippen molar-refractivity contribution < 1.29 is 23.5 Å². The Balaban J connectivity index is 2.79. The van der Waals surface area contributed by atoms with Gasteiger partial charge in [0.2, 0.25) is 0 Å². The fraction of sp³-hybridized carbons (Fsp3) is 0.389. The highest BCUT2D eigenvalue weighted by Crippen LogP contribution is 2.29. The Bertz CT molecular complexity index is 1170. The first kappa shape index (κ1) is 23.5. The quantitative estimate of drug-likeness (QED) is 0.393. The van der Waals surface area contributed by atoms with E-state index in [-0.39, 0.29) is 21.8 Å². The van der Waals surface area contributed by atoms with Crippen molar-refractivity contribution in [1.29, 1.82) is 0 Å². The van der Waals surface area contributed by atoms with Crippen LogP contribution in [0.4, 0.5) is 9.18 Å². The summed E-state index contributed by atoms with van der Waals surface area (Å²) >= 11 is 11.1. The SMILES string of the molecule is CCc1c(F)c(-n2c(=O)n(C)c(=S)n(C)c2=O)cc(C(=O)OC(=O)OC(C)C)c1Cl. The van der Waals surface area contributed by atoms with Gasteiger partial charge < -0.3 is 9.47 Å². The minimum Gasteiger partial charge on any atom is -0.431 e. The van der Waals surface area contributed by atoms with Crippen LogP contribution in [0.25, 0.3) is 5.69 Å². The molecule has 0 aliphatic carbocycles. The van der Waals surface area contributed by atoms with Crippen LogP contribution in [0.3, 0.4) is 0 Å². The van der Waals surface area contributed by atoms with Crippen LogP contribution in [0.1, 0.15) is 36.7 Å². The van der Waals surface area contributed by atoms with Gasteiger partial charge in [-0.1, -0.05) is 18.5 Å². The van der Waals surface area contributed by atoms with E-state index < -0.39 is 46.7 Å². The number of rotatable bonds is 4. The van der Waals surface area contributed by atoms with Crippen molar-refractivity contribution in [1.82, 2.24) is 13.7 Å². The van der Waals surface area contributed by atoms with E-state index in [0.717, 1.165) is 15.2 Å². The first-order valence-electron chi connectivity index (χ1n) is 8.75. The summed E-state index contributed by atoms with van der Waals surface area (Å²) in [7, 11) is 2.62. The fourth-order valence-corrected chi connectivity index (χ4v) is 3.13. The zero-order valence-electron chi connectivity index (χ0n) is 16.8. The van der Waals surface area contributed by atoms with Crippen LogP contribution in [-0.2, 0) is 30.0 Å². The van der Waals surface area contributed by atoms with Gasteiger partial charge in [-0.15, -0.1) is 0 Å². The van der Waals surface area contributed by atoms with Gasteiger partial charge in [0.25, 0.3) is 0 Å². The summed E-state index contributed by atoms with van der Waals surface area (Å²) in [5, 5.41) is -0.310. The van der Waals surface area contributed by atoms with Crippen molar-refractivity contribution in [3.63, 3.8) is 0 Å². The van der Waals surface area contributed by atoms with Crippen LogP contribution in [0, 0.1) is 10.6 Å². The first-order chi connectivity index (χ1) is 13.9. The average Bonchev–Trinajstić information content (AvgIpc) is 2.66. The van der Waals surface area contributed by atoms with Crippen LogP contribution in [0.15, 0.2) is 15.7 Å². The minimum atomic E-state index is -1.27. The largest absolute Gasteiger partial charge is 0.516 e. The van der Waals surface area contributed by atoms with Crippen molar-refractivity contribution in [2.24, 2.45) is 14.1 Å². The van der Waals surface area contributed by atoms with E-state index in [4.69, 9.17) is 28.6 Å². The third-order valence-corrected chi connectivity index (χ3v) is 5.10. The highest BCUT2D eigenvalue weighted by molar-refractivity contribution is 7.71. The van der Waals surface area contributed by atoms with Gasteiger partial charge >= 0.3 is 23.5 Å². The van der Waals surface area contributed by atoms with Crippen molar-refractivity contribution in [3.05, 3.63) is 53.8 Å². The number of hydrogen-bond donors (Lipinski definition) is 0. The molecule has 30 heavy (non-hydrogen) atoms. The minimum absolute atomic E-state index is 0.0234. The second-order valence-electron chi connectivity index (χ2n) is 6.51. The Hall–Kier alpha value is -2.79. The summed E-state index contributed by atoms with van der Waals surface area (Å²) in [5.74, 6) is -2.20. The maximum atomic E-state index is 15.1. The van der Waals surface area contributed by atoms with Crippen LogP contribution < -0.4 is 11.4 Å². The van der Waals surface area contributed by atoms with Gasteiger partial charge in [-0.05, 0) is 38.6 Å². The summed E-state index contributed by atoms with van der Waals surface area (Å²) in [5.41, 5.74) is -2.94. The maximum Gasteiger partial charge on any atom is 0.516 e. The molecule has 1 aromatic heterocycles. The normalized spacial score (nSPS) is 10.9. The maximum absolute atomic E-state index is 15.1. The molecule has 0 unspecified atom stereocenters. The number of ether oxygens (including phenoxy) is 2. The zero-order chi connectivity index (χ0) is 22.9. The lowest BCUT2D eigenvalue weighted by Gasteiger charge is -2.16. The molecule has 0 radical (unpaired) electrons. The van der Waals surface area contributed by atoms with Gasteiger partial charge in [0.15, 0.2) is 10.6 Å². The van der Waals surface area contributed by atoms with E-state index in [9.17, 15) is 19.2 Å². The molecule has 1 aromatic carbocycles. The molecular formula is C18H19ClFN3O6S. The van der Waals surface area contributed by atoms with E-state index >= 15 is 4.39 Å². The van der Waals surface area contributed by atoms with Gasteiger partial charge in [-0.25, -0.2) is 28.1 Å². The van der Waals surface area contributed by atoms with Crippen LogP contribution in [0.2, 0.25) is 5.02 Å². The van der Waals surface area contributed by atoms with Crippen molar-refractivity contribution in [2.75, 3.05) is 0 Å². The predicted molar refractivity (Wildman–Crippen MR) is 108 cm³/mol. The highest BCUT2D eigenvalue weighted by atomic mass is 35.5. The van der Waals surface area contributed by atoms with E-state index in [0.29, 0.717) is 4.57 Å². The molecule has 0 N–H and O–H groups in total. The predicted octanol–water partition coefficient (Wildman–Crippen LogP) is 2.66. The van der Waals surface area contributed by atoms with Crippen LogP contribution >= 0.6 is 23.8 Å². The Morgan fingerprint density at radius 1 is 1.20 bits per heavy atom. The van der Waals surface area contributed by atoms with Crippen molar-refractivity contribution >= 4 is 35.9 Å². The molecule has 9 nitrogen and oxygen atoms in total. The molecule has 12 heteroatoms. The zero-order valence-corrected chi connectivity index (χ0v) is 18.4. The Labute approximate surface area is 180 Å². The molecule has 0 aliphatic rings. The number of halogens is 2. The average molecular weight is 460 g/mol. The van der Waals surface area contributed by atoms with E-state index in [1.807, 2.05) is 0 Å². The van der Waals surface area contributed by atoms with Gasteiger partial charge in [0.05, 0.1) is 22.4 Å². The third-order valence-electron chi connectivity index (χ3n) is 4.12. The lowest BCUT2D eigenvalue weighted by molar-refractivity contribution is 0.0283. The lowest BCUT2D eigenvalue weighted by atomic mass is 10.1. The summed E-state index contributed by atoms with van der Waals surface area (Å²) < 4.78 is 26.8. The number of hydrogen-bond acceptors (Lipinski definition) is 7. The number of esters is 1. The number of nitrogens with zero attached hydrogens (tertiary/aromatic N) is 3. The summed E-state index contributed by atoms with van der Waals surface area (Å²) in [6.45, 7) is 4.66. The first-order valence-corrected chi connectivity index (χ1v) is 9.54. The molecule has 162 valence electrons.